The van der Waals surface area contributed by atoms with Crippen molar-refractivity contribution in [1.29, 1.82) is 0 Å². The number of methoxy groups -OCH3 is 1. The molecule has 190 valence electrons. The molecular formula is C26H38N6O2S. The molecule has 0 saturated heterocycles. The Balaban J connectivity index is 1.61. The van der Waals surface area contributed by atoms with Gasteiger partial charge in [-0.1, -0.05) is 6.42 Å². The fraction of sp³-hybridized carbons (Fsp3) is 0.615. The Morgan fingerprint density at radius 1 is 1.17 bits per heavy atom. The lowest BCUT2D eigenvalue weighted by molar-refractivity contribution is 0.0530. The average molecular weight is 499 g/mol. The van der Waals surface area contributed by atoms with Crippen molar-refractivity contribution in [1.82, 2.24) is 19.9 Å². The molecule has 1 fully saturated rings. The van der Waals surface area contributed by atoms with Gasteiger partial charge in [-0.25, -0.2) is 9.97 Å². The first kappa shape index (κ1) is 25.7. The Morgan fingerprint density at radius 2 is 1.94 bits per heavy atom. The van der Waals surface area contributed by atoms with Gasteiger partial charge in [-0.05, 0) is 71.8 Å². The summed E-state index contributed by atoms with van der Waals surface area (Å²) >= 11 is 1.65. The molecule has 8 nitrogen and oxygen atoms in total. The molecule has 0 radical (unpaired) electrons. The second-order valence-electron chi connectivity index (χ2n) is 10.6. The number of aromatic nitrogens is 4. The van der Waals surface area contributed by atoms with E-state index < -0.39 is 5.60 Å². The number of aliphatic hydroxyl groups is 1. The van der Waals surface area contributed by atoms with Crippen molar-refractivity contribution in [2.75, 3.05) is 30.9 Å². The van der Waals surface area contributed by atoms with Crippen molar-refractivity contribution < 1.29 is 9.84 Å². The van der Waals surface area contributed by atoms with Gasteiger partial charge in [0.1, 0.15) is 16.3 Å². The van der Waals surface area contributed by atoms with Crippen LogP contribution in [0, 0.1) is 25.7 Å². The second kappa shape index (κ2) is 10.7. The van der Waals surface area contributed by atoms with Crippen molar-refractivity contribution >= 4 is 33.3 Å². The first-order valence-corrected chi connectivity index (χ1v) is 13.3. The van der Waals surface area contributed by atoms with Crippen LogP contribution in [-0.4, -0.2) is 56.9 Å². The third-order valence-corrected chi connectivity index (χ3v) is 7.62. The molecule has 9 heteroatoms. The zero-order valence-electron chi connectivity index (χ0n) is 21.7. The minimum absolute atomic E-state index is 0.0895. The van der Waals surface area contributed by atoms with E-state index in [9.17, 15) is 5.11 Å². The molecule has 3 N–H and O–H groups in total. The lowest BCUT2D eigenvalue weighted by atomic mass is 9.91. The minimum atomic E-state index is -0.608. The monoisotopic (exact) mass is 498 g/mol. The zero-order chi connectivity index (χ0) is 25.2. The van der Waals surface area contributed by atoms with Crippen molar-refractivity contribution in [3.8, 4) is 10.6 Å². The highest BCUT2D eigenvalue weighted by Crippen LogP contribution is 2.39. The molecule has 0 bridgehead atoms. The number of rotatable bonds is 10. The maximum atomic E-state index is 10.2. The number of aryl methyl sites for hydroxylation is 2. The molecule has 4 rings (SSSR count). The van der Waals surface area contributed by atoms with Gasteiger partial charge in [0.05, 0.1) is 33.9 Å². The molecular weight excluding hydrogens is 460 g/mol. The molecule has 3 atom stereocenters. The molecule has 3 heterocycles. The van der Waals surface area contributed by atoms with Crippen LogP contribution in [-0.2, 0) is 4.74 Å². The van der Waals surface area contributed by atoms with E-state index in [1.54, 1.807) is 18.4 Å². The fourth-order valence-corrected chi connectivity index (χ4v) is 6.23. The molecule has 0 aliphatic heterocycles. The number of hydrogen-bond acceptors (Lipinski definition) is 9. The largest absolute Gasteiger partial charge is 0.390 e. The smallest absolute Gasteiger partial charge is 0.225 e. The first-order valence-electron chi connectivity index (χ1n) is 12.5. The van der Waals surface area contributed by atoms with Crippen LogP contribution in [0.5, 0.6) is 0 Å². The molecule has 35 heavy (non-hydrogen) atoms. The summed E-state index contributed by atoms with van der Waals surface area (Å²) in [6.07, 6.45) is 6.13. The zero-order valence-corrected chi connectivity index (χ0v) is 22.5. The van der Waals surface area contributed by atoms with E-state index in [0.29, 0.717) is 24.4 Å². The number of fused-ring (bicyclic) bond motifs is 1. The molecule has 0 unspecified atom stereocenters. The van der Waals surface area contributed by atoms with Crippen LogP contribution >= 0.6 is 11.3 Å². The van der Waals surface area contributed by atoms with Crippen molar-refractivity contribution in [3.63, 3.8) is 0 Å². The number of ether oxygens (including phenoxy) is 1. The highest BCUT2D eigenvalue weighted by molar-refractivity contribution is 7.21. The first-order chi connectivity index (χ1) is 16.6. The van der Waals surface area contributed by atoms with E-state index in [1.165, 1.54) is 0 Å². The third kappa shape index (κ3) is 6.45. The van der Waals surface area contributed by atoms with Crippen LogP contribution in [0.1, 0.15) is 57.8 Å². The Bertz CT molecular complexity index is 1160. The van der Waals surface area contributed by atoms with E-state index >= 15 is 0 Å². The third-order valence-electron chi connectivity index (χ3n) is 6.58. The van der Waals surface area contributed by atoms with Crippen LogP contribution in [0.3, 0.4) is 0 Å². The van der Waals surface area contributed by atoms with E-state index in [2.05, 4.69) is 15.6 Å². The summed E-state index contributed by atoms with van der Waals surface area (Å²) in [5.74, 6) is 2.51. The van der Waals surface area contributed by atoms with Gasteiger partial charge in [-0.15, -0.1) is 11.3 Å². The Kier molecular flexibility index (Phi) is 7.88. The van der Waals surface area contributed by atoms with Crippen LogP contribution in [0.4, 0.5) is 11.8 Å². The molecule has 0 spiro atoms. The van der Waals surface area contributed by atoms with Gasteiger partial charge < -0.3 is 20.5 Å². The Labute approximate surface area is 212 Å². The average Bonchev–Trinajstić information content (AvgIpc) is 3.38. The number of nitrogens with one attached hydrogen (secondary N) is 2. The second-order valence-corrected chi connectivity index (χ2v) is 11.6. The predicted octanol–water partition coefficient (Wildman–Crippen LogP) is 5.20. The molecule has 1 saturated carbocycles. The van der Waals surface area contributed by atoms with Gasteiger partial charge in [0.25, 0.3) is 0 Å². The highest BCUT2D eigenvalue weighted by Gasteiger charge is 2.29. The van der Waals surface area contributed by atoms with Gasteiger partial charge in [-0.3, -0.25) is 4.98 Å². The Hall–Kier alpha value is -2.36. The van der Waals surface area contributed by atoms with E-state index in [-0.39, 0.29) is 6.04 Å². The predicted molar refractivity (Wildman–Crippen MR) is 143 cm³/mol. The summed E-state index contributed by atoms with van der Waals surface area (Å²) in [4.78, 5) is 19.0. The number of anilines is 2. The summed E-state index contributed by atoms with van der Waals surface area (Å²) in [7, 11) is 1.69. The van der Waals surface area contributed by atoms with Crippen molar-refractivity contribution in [3.05, 3.63) is 23.7 Å². The van der Waals surface area contributed by atoms with Gasteiger partial charge in [0, 0.05) is 25.9 Å². The normalized spacial score (nSPS) is 19.3. The molecule has 0 aromatic carbocycles. The number of pyridine rings is 1. The molecule has 1 aliphatic carbocycles. The fourth-order valence-electron chi connectivity index (χ4n) is 5.12. The molecule has 1 aliphatic rings. The maximum Gasteiger partial charge on any atom is 0.225 e. The quantitative estimate of drug-likeness (QED) is 0.350. The van der Waals surface area contributed by atoms with Crippen molar-refractivity contribution in [2.45, 2.75) is 71.9 Å². The van der Waals surface area contributed by atoms with Gasteiger partial charge in [0.15, 0.2) is 0 Å². The maximum absolute atomic E-state index is 10.2. The highest BCUT2D eigenvalue weighted by atomic mass is 32.1. The van der Waals surface area contributed by atoms with Crippen LogP contribution in [0.15, 0.2) is 12.3 Å². The summed E-state index contributed by atoms with van der Waals surface area (Å²) < 4.78 is 6.38. The molecule has 0 amide bonds. The van der Waals surface area contributed by atoms with Crippen LogP contribution < -0.4 is 10.6 Å². The molecule has 3 aromatic rings. The number of hydrogen-bond donors (Lipinski definition) is 3. The summed E-state index contributed by atoms with van der Waals surface area (Å²) in [5, 5.41) is 18.1. The topological polar surface area (TPSA) is 105 Å². The summed E-state index contributed by atoms with van der Waals surface area (Å²) in [5.41, 5.74) is 3.07. The van der Waals surface area contributed by atoms with Gasteiger partial charge in [-0.2, -0.15) is 4.98 Å². The van der Waals surface area contributed by atoms with E-state index in [1.807, 2.05) is 46.9 Å². The van der Waals surface area contributed by atoms with E-state index in [0.717, 1.165) is 70.2 Å². The van der Waals surface area contributed by atoms with Crippen LogP contribution in [0.25, 0.3) is 20.8 Å². The SMILES string of the molecule is COC[C@@H](C)Nc1nc(C)c(-c2nc3c(C)nccc3s2)c(NC[C@H]2CC[C@@H](CC(C)(C)O)C2)n1. The lowest BCUT2D eigenvalue weighted by Crippen LogP contribution is -2.23. The lowest BCUT2D eigenvalue weighted by Gasteiger charge is -2.22. The summed E-state index contributed by atoms with van der Waals surface area (Å²) in [6, 6.07) is 2.10. The minimum Gasteiger partial charge on any atom is -0.390 e. The van der Waals surface area contributed by atoms with Gasteiger partial charge in [0.2, 0.25) is 5.95 Å². The number of nitrogens with zero attached hydrogens (tertiary/aromatic N) is 4. The van der Waals surface area contributed by atoms with Crippen LogP contribution in [0.2, 0.25) is 0 Å². The van der Waals surface area contributed by atoms with Gasteiger partial charge >= 0.3 is 0 Å². The van der Waals surface area contributed by atoms with Crippen molar-refractivity contribution in [2.24, 2.45) is 11.8 Å². The Morgan fingerprint density at radius 3 is 2.66 bits per heavy atom. The molecule has 3 aromatic heterocycles. The number of thiazole rings is 1. The van der Waals surface area contributed by atoms with E-state index in [4.69, 9.17) is 19.7 Å². The standard InChI is InChI=1S/C26H38N6O2S/c1-15(14-34-6)29-25-30-16(2)21(24-31-22-17(3)27-10-9-20(22)35-24)23(32-25)28-13-19-8-7-18(11-19)12-26(4,5)33/h9-10,15,18-19,33H,7-8,11-14H2,1-6H3,(H2,28,29,30,32)/t15-,18-,19+/m1/s1. The summed E-state index contributed by atoms with van der Waals surface area (Å²) in [6.45, 7) is 11.3.